The summed E-state index contributed by atoms with van der Waals surface area (Å²) in [4.78, 5) is 10.1. The van der Waals surface area contributed by atoms with Crippen LogP contribution in [-0.4, -0.2) is 12.7 Å². The molecule has 0 aromatic rings. The van der Waals surface area contributed by atoms with Crippen molar-refractivity contribution in [2.24, 2.45) is 0 Å². The van der Waals surface area contributed by atoms with E-state index in [1.165, 1.54) is 38.5 Å². The topological polar surface area (TPSA) is 50.1 Å². The molecule has 1 N–H and O–H groups in total. The first-order valence-electron chi connectivity index (χ1n) is 5.65. The largest absolute Gasteiger partial charge is 0.448 e. The highest BCUT2D eigenvalue weighted by Crippen LogP contribution is 2.08. The van der Waals surface area contributed by atoms with Crippen LogP contribution in [0, 0.1) is 0 Å². The first-order chi connectivity index (χ1) is 6.77. The van der Waals surface area contributed by atoms with Crippen LogP contribution >= 0.6 is 0 Å². The first-order valence-corrected chi connectivity index (χ1v) is 5.65. The fraction of sp³-hybridized carbons (Fsp3) is 0.909. The molecule has 0 aliphatic carbocycles. The number of ether oxygens (including phenoxy) is 1. The smallest absolute Gasteiger partial charge is 0.426 e. The van der Waals surface area contributed by atoms with Crippen molar-refractivity contribution in [1.82, 2.24) is 5.73 Å². The molecule has 0 aliphatic heterocycles. The molecule has 0 fully saturated rings. The standard InChI is InChI=1S/C11H22NO2/c1-2-3-4-5-6-7-8-9-10-14-11(12)13/h12H,2-10H2,1H3. The summed E-state index contributed by atoms with van der Waals surface area (Å²) in [5.74, 6) is 0. The zero-order valence-electron chi connectivity index (χ0n) is 9.18. The second kappa shape index (κ2) is 10.4. The van der Waals surface area contributed by atoms with Gasteiger partial charge >= 0.3 is 6.09 Å². The van der Waals surface area contributed by atoms with Crippen molar-refractivity contribution in [2.45, 2.75) is 58.3 Å². The van der Waals surface area contributed by atoms with E-state index < -0.39 is 6.09 Å². The lowest BCUT2D eigenvalue weighted by molar-refractivity contribution is 0.152. The summed E-state index contributed by atoms with van der Waals surface area (Å²) in [6.07, 6.45) is 8.92. The maximum Gasteiger partial charge on any atom is 0.426 e. The molecule has 0 bridgehead atoms. The zero-order chi connectivity index (χ0) is 10.6. The van der Waals surface area contributed by atoms with E-state index in [0.717, 1.165) is 12.8 Å². The molecule has 0 saturated heterocycles. The fourth-order valence-corrected chi connectivity index (χ4v) is 1.40. The molecule has 14 heavy (non-hydrogen) atoms. The molecule has 0 saturated carbocycles. The van der Waals surface area contributed by atoms with Crippen LogP contribution in [0.4, 0.5) is 4.79 Å². The van der Waals surface area contributed by atoms with Gasteiger partial charge in [0.1, 0.15) is 0 Å². The van der Waals surface area contributed by atoms with Gasteiger partial charge in [-0.3, -0.25) is 0 Å². The summed E-state index contributed by atoms with van der Waals surface area (Å²) in [5.41, 5.74) is 6.51. The summed E-state index contributed by atoms with van der Waals surface area (Å²) in [5, 5.41) is 0. The van der Waals surface area contributed by atoms with Gasteiger partial charge in [0.15, 0.2) is 0 Å². The van der Waals surface area contributed by atoms with Crippen molar-refractivity contribution in [2.75, 3.05) is 6.61 Å². The van der Waals surface area contributed by atoms with Gasteiger partial charge in [0.2, 0.25) is 0 Å². The van der Waals surface area contributed by atoms with Gasteiger partial charge in [-0.2, -0.15) is 0 Å². The van der Waals surface area contributed by atoms with Crippen molar-refractivity contribution in [3.8, 4) is 0 Å². The van der Waals surface area contributed by atoms with Crippen LogP contribution in [0.1, 0.15) is 58.3 Å². The van der Waals surface area contributed by atoms with E-state index in [1.807, 2.05) is 0 Å². The average Bonchev–Trinajstić information content (AvgIpc) is 2.15. The summed E-state index contributed by atoms with van der Waals surface area (Å²) >= 11 is 0. The van der Waals surface area contributed by atoms with E-state index >= 15 is 0 Å². The number of rotatable bonds is 9. The predicted octanol–water partition coefficient (Wildman–Crippen LogP) is 3.55. The lowest BCUT2D eigenvalue weighted by atomic mass is 10.1. The van der Waals surface area contributed by atoms with E-state index in [-0.39, 0.29) is 0 Å². The van der Waals surface area contributed by atoms with Gasteiger partial charge in [-0.1, -0.05) is 51.9 Å². The van der Waals surface area contributed by atoms with Crippen LogP contribution in [-0.2, 0) is 4.74 Å². The maximum absolute atomic E-state index is 10.1. The van der Waals surface area contributed by atoms with Crippen molar-refractivity contribution in [3.63, 3.8) is 0 Å². The Morgan fingerprint density at radius 2 is 1.50 bits per heavy atom. The van der Waals surface area contributed by atoms with Crippen molar-refractivity contribution in [3.05, 3.63) is 0 Å². The molecule has 0 aromatic heterocycles. The minimum Gasteiger partial charge on any atom is -0.448 e. The van der Waals surface area contributed by atoms with Gasteiger partial charge < -0.3 is 4.74 Å². The molecule has 0 spiro atoms. The molecule has 0 atom stereocenters. The average molecular weight is 200 g/mol. The normalized spacial score (nSPS) is 10.1. The number of hydrogen-bond acceptors (Lipinski definition) is 2. The van der Waals surface area contributed by atoms with Crippen LogP contribution in [0.25, 0.3) is 0 Å². The van der Waals surface area contributed by atoms with E-state index in [2.05, 4.69) is 11.7 Å². The third-order valence-electron chi connectivity index (χ3n) is 2.23. The first kappa shape index (κ1) is 13.3. The number of carbonyl (C=O) groups is 1. The Hall–Kier alpha value is -0.730. The van der Waals surface area contributed by atoms with Gasteiger partial charge in [0, 0.05) is 0 Å². The third-order valence-corrected chi connectivity index (χ3v) is 2.23. The predicted molar refractivity (Wildman–Crippen MR) is 57.1 cm³/mol. The highest BCUT2D eigenvalue weighted by atomic mass is 16.5. The zero-order valence-corrected chi connectivity index (χ0v) is 9.18. The van der Waals surface area contributed by atoms with Crippen LogP contribution < -0.4 is 5.73 Å². The molecule has 1 amide bonds. The molecule has 0 heterocycles. The molecule has 0 aromatic carbocycles. The second-order valence-electron chi connectivity index (χ2n) is 3.61. The molecular formula is C11H22NO2. The van der Waals surface area contributed by atoms with Crippen molar-refractivity contribution in [1.29, 1.82) is 0 Å². The molecule has 1 radical (unpaired) electrons. The maximum atomic E-state index is 10.1. The van der Waals surface area contributed by atoms with Crippen molar-refractivity contribution >= 4 is 6.09 Å². The molecule has 3 heteroatoms. The quantitative estimate of drug-likeness (QED) is 0.534. The Labute approximate surface area is 87.0 Å². The van der Waals surface area contributed by atoms with Crippen molar-refractivity contribution < 1.29 is 9.53 Å². The highest BCUT2D eigenvalue weighted by molar-refractivity contribution is 5.63. The third kappa shape index (κ3) is 11.3. The summed E-state index contributed by atoms with van der Waals surface area (Å²) in [6, 6.07) is 0. The Morgan fingerprint density at radius 3 is 2.00 bits per heavy atom. The van der Waals surface area contributed by atoms with Crippen LogP contribution in [0.3, 0.4) is 0 Å². The van der Waals surface area contributed by atoms with E-state index in [1.54, 1.807) is 0 Å². The van der Waals surface area contributed by atoms with Gasteiger partial charge in [-0.25, -0.2) is 10.5 Å². The van der Waals surface area contributed by atoms with Gasteiger partial charge in [-0.05, 0) is 6.42 Å². The van der Waals surface area contributed by atoms with Gasteiger partial charge in [-0.15, -0.1) is 0 Å². The molecular weight excluding hydrogens is 178 g/mol. The number of carbonyl (C=O) groups excluding carboxylic acids is 1. The van der Waals surface area contributed by atoms with Crippen LogP contribution in [0.15, 0.2) is 0 Å². The Kier molecular flexibility index (Phi) is 9.81. The number of hydrogen-bond donors (Lipinski definition) is 0. The van der Waals surface area contributed by atoms with E-state index in [0.29, 0.717) is 6.61 Å². The number of unbranched alkanes of at least 4 members (excludes halogenated alkanes) is 7. The summed E-state index contributed by atoms with van der Waals surface area (Å²) < 4.78 is 4.51. The SMILES string of the molecule is CCCCCCCCCCOC([NH])=O. The van der Waals surface area contributed by atoms with E-state index in [9.17, 15) is 4.79 Å². The molecule has 0 aliphatic rings. The van der Waals surface area contributed by atoms with Crippen LogP contribution in [0.5, 0.6) is 0 Å². The summed E-state index contributed by atoms with van der Waals surface area (Å²) in [7, 11) is 0. The number of amides is 1. The lowest BCUT2D eigenvalue weighted by Gasteiger charge is -2.01. The minimum absolute atomic E-state index is 0.414. The molecule has 83 valence electrons. The van der Waals surface area contributed by atoms with Gasteiger partial charge in [0.05, 0.1) is 6.61 Å². The Bertz CT molecular complexity index is 137. The second-order valence-corrected chi connectivity index (χ2v) is 3.61. The number of nitrogens with one attached hydrogen (secondary N) is 1. The van der Waals surface area contributed by atoms with Crippen LogP contribution in [0.2, 0.25) is 0 Å². The van der Waals surface area contributed by atoms with E-state index in [4.69, 9.17) is 5.73 Å². The minimum atomic E-state index is -0.909. The fourth-order valence-electron chi connectivity index (χ4n) is 1.40. The molecule has 0 unspecified atom stereocenters. The Morgan fingerprint density at radius 1 is 1.00 bits per heavy atom. The van der Waals surface area contributed by atoms with Gasteiger partial charge in [0.25, 0.3) is 0 Å². The lowest BCUT2D eigenvalue weighted by Crippen LogP contribution is -2.03. The monoisotopic (exact) mass is 200 g/mol. The molecule has 0 rings (SSSR count). The highest BCUT2D eigenvalue weighted by Gasteiger charge is 1.94. The Balaban J connectivity index is 2.88. The summed E-state index contributed by atoms with van der Waals surface area (Å²) in [6.45, 7) is 2.63. The molecule has 3 nitrogen and oxygen atoms in total.